The minimum absolute atomic E-state index is 0.579. The Hall–Kier alpha value is -0.770. The van der Waals surface area contributed by atoms with Crippen molar-refractivity contribution < 1.29 is 9.47 Å². The van der Waals surface area contributed by atoms with Crippen LogP contribution in [0.15, 0.2) is 18.2 Å². The van der Waals surface area contributed by atoms with Crippen molar-refractivity contribution in [3.8, 4) is 5.75 Å². The molecule has 0 bridgehead atoms. The van der Waals surface area contributed by atoms with Gasteiger partial charge in [-0.1, -0.05) is 12.1 Å². The summed E-state index contributed by atoms with van der Waals surface area (Å²) in [5, 5.41) is 3.43. The molecule has 0 aliphatic carbocycles. The smallest absolute Gasteiger partial charge is 0.122 e. The Kier molecular flexibility index (Phi) is 6.48. The predicted molar refractivity (Wildman–Crippen MR) is 78.4 cm³/mol. The van der Waals surface area contributed by atoms with Crippen molar-refractivity contribution in [2.45, 2.75) is 19.3 Å². The molecule has 1 N–H and O–H groups in total. The molecule has 0 radical (unpaired) electrons. The van der Waals surface area contributed by atoms with E-state index in [-0.39, 0.29) is 0 Å². The molecule has 0 unspecified atom stereocenters. The van der Waals surface area contributed by atoms with Crippen molar-refractivity contribution in [1.29, 1.82) is 0 Å². The molecule has 106 valence electrons. The lowest BCUT2D eigenvalue weighted by Crippen LogP contribution is -2.20. The van der Waals surface area contributed by atoms with E-state index in [4.69, 9.17) is 21.1 Å². The van der Waals surface area contributed by atoms with Gasteiger partial charge in [0.2, 0.25) is 0 Å². The van der Waals surface area contributed by atoms with Gasteiger partial charge in [-0.2, -0.15) is 0 Å². The van der Waals surface area contributed by atoms with Gasteiger partial charge in [0, 0.05) is 18.9 Å². The summed E-state index contributed by atoms with van der Waals surface area (Å²) in [7, 11) is 0. The quantitative estimate of drug-likeness (QED) is 0.558. The van der Waals surface area contributed by atoms with Crippen molar-refractivity contribution in [2.24, 2.45) is 0 Å². The summed E-state index contributed by atoms with van der Waals surface area (Å²) in [6.45, 7) is 4.28. The predicted octanol–water partition coefficient (Wildman–Crippen LogP) is 2.40. The number of rotatable bonds is 9. The van der Waals surface area contributed by atoms with Gasteiger partial charge in [0.25, 0.3) is 0 Å². The van der Waals surface area contributed by atoms with E-state index < -0.39 is 0 Å². The summed E-state index contributed by atoms with van der Waals surface area (Å²) < 4.78 is 10.8. The summed E-state index contributed by atoms with van der Waals surface area (Å²) in [4.78, 5) is 0. The van der Waals surface area contributed by atoms with Crippen LogP contribution in [0, 0.1) is 0 Å². The zero-order valence-corrected chi connectivity index (χ0v) is 12.0. The van der Waals surface area contributed by atoms with Crippen LogP contribution in [-0.4, -0.2) is 38.8 Å². The lowest BCUT2D eigenvalue weighted by atomic mass is 10.1. The lowest BCUT2D eigenvalue weighted by Gasteiger charge is -2.06. The second-order valence-corrected chi connectivity index (χ2v) is 5.07. The molecule has 1 aromatic rings. The van der Waals surface area contributed by atoms with Gasteiger partial charge in [-0.3, -0.25) is 0 Å². The second-order valence-electron chi connectivity index (χ2n) is 4.70. The number of nitrogens with one attached hydrogen (secondary N) is 1. The molecule has 2 rings (SSSR count). The molecule has 0 fully saturated rings. The minimum atomic E-state index is 0.579. The van der Waals surface area contributed by atoms with E-state index in [1.165, 1.54) is 11.1 Å². The molecular weight excluding hydrogens is 262 g/mol. The van der Waals surface area contributed by atoms with Crippen molar-refractivity contribution in [1.82, 2.24) is 5.32 Å². The number of ether oxygens (including phenoxy) is 2. The minimum Gasteiger partial charge on any atom is -0.493 e. The van der Waals surface area contributed by atoms with E-state index >= 15 is 0 Å². The number of hydrogen-bond acceptors (Lipinski definition) is 3. The summed E-state index contributed by atoms with van der Waals surface area (Å²) >= 11 is 5.52. The first-order valence-electron chi connectivity index (χ1n) is 6.99. The van der Waals surface area contributed by atoms with Crippen LogP contribution in [0.4, 0.5) is 0 Å². The molecule has 4 heteroatoms. The maximum atomic E-state index is 5.52. The molecule has 19 heavy (non-hydrogen) atoms. The molecule has 1 heterocycles. The Morgan fingerprint density at radius 3 is 3.11 bits per heavy atom. The van der Waals surface area contributed by atoms with Crippen molar-refractivity contribution in [3.05, 3.63) is 29.3 Å². The highest BCUT2D eigenvalue weighted by molar-refractivity contribution is 6.17. The van der Waals surface area contributed by atoms with Crippen LogP contribution in [-0.2, 0) is 17.6 Å². The first kappa shape index (κ1) is 14.6. The standard InChI is InChI=1S/C15H22ClNO2/c16-6-11-18-9-1-7-17-8-4-13-2-3-15-14(12-13)5-10-19-15/h2-3,12,17H,1,4-11H2. The van der Waals surface area contributed by atoms with Gasteiger partial charge >= 0.3 is 0 Å². The van der Waals surface area contributed by atoms with Crippen LogP contribution in [0.1, 0.15) is 17.5 Å². The number of alkyl halides is 1. The fraction of sp³-hybridized carbons (Fsp3) is 0.600. The van der Waals surface area contributed by atoms with E-state index in [2.05, 4.69) is 23.5 Å². The van der Waals surface area contributed by atoms with E-state index in [9.17, 15) is 0 Å². The van der Waals surface area contributed by atoms with Crippen LogP contribution in [0.25, 0.3) is 0 Å². The maximum Gasteiger partial charge on any atom is 0.122 e. The van der Waals surface area contributed by atoms with E-state index in [1.807, 2.05) is 0 Å². The Morgan fingerprint density at radius 2 is 2.21 bits per heavy atom. The topological polar surface area (TPSA) is 30.5 Å². The molecule has 0 saturated carbocycles. The Labute approximate surface area is 120 Å². The van der Waals surface area contributed by atoms with Gasteiger partial charge < -0.3 is 14.8 Å². The Bertz CT molecular complexity index is 384. The number of halogens is 1. The molecule has 0 spiro atoms. The molecular formula is C15H22ClNO2. The van der Waals surface area contributed by atoms with Crippen LogP contribution >= 0.6 is 11.6 Å². The molecule has 1 aliphatic rings. The van der Waals surface area contributed by atoms with Crippen molar-refractivity contribution >= 4 is 11.6 Å². The third-order valence-corrected chi connectivity index (χ3v) is 3.36. The summed E-state index contributed by atoms with van der Waals surface area (Å²) in [5.41, 5.74) is 2.74. The van der Waals surface area contributed by atoms with Crippen LogP contribution in [0.2, 0.25) is 0 Å². The van der Waals surface area contributed by atoms with Gasteiger partial charge in [0.1, 0.15) is 5.75 Å². The molecule has 0 atom stereocenters. The zero-order valence-electron chi connectivity index (χ0n) is 11.3. The van der Waals surface area contributed by atoms with Crippen molar-refractivity contribution in [3.63, 3.8) is 0 Å². The SMILES string of the molecule is ClCCOCCCNCCc1ccc2c(c1)CCO2. The van der Waals surface area contributed by atoms with Gasteiger partial charge in [-0.05, 0) is 43.1 Å². The van der Waals surface area contributed by atoms with E-state index in [1.54, 1.807) is 0 Å². The third-order valence-electron chi connectivity index (χ3n) is 3.21. The van der Waals surface area contributed by atoms with E-state index in [0.29, 0.717) is 12.5 Å². The highest BCUT2D eigenvalue weighted by Crippen LogP contribution is 2.25. The van der Waals surface area contributed by atoms with Crippen LogP contribution in [0.5, 0.6) is 5.75 Å². The molecule has 0 amide bonds. The summed E-state index contributed by atoms with van der Waals surface area (Å²) in [5.74, 6) is 1.64. The van der Waals surface area contributed by atoms with Gasteiger partial charge in [-0.25, -0.2) is 0 Å². The van der Waals surface area contributed by atoms with Gasteiger partial charge in [0.05, 0.1) is 13.2 Å². The Morgan fingerprint density at radius 1 is 1.26 bits per heavy atom. The molecule has 3 nitrogen and oxygen atoms in total. The van der Waals surface area contributed by atoms with Crippen LogP contribution < -0.4 is 10.1 Å². The fourth-order valence-electron chi connectivity index (χ4n) is 2.21. The zero-order chi connectivity index (χ0) is 13.3. The first-order valence-corrected chi connectivity index (χ1v) is 7.52. The highest BCUT2D eigenvalue weighted by atomic mass is 35.5. The normalized spacial score (nSPS) is 13.3. The molecule has 1 aromatic carbocycles. The number of fused-ring (bicyclic) bond motifs is 1. The average Bonchev–Trinajstić information content (AvgIpc) is 2.89. The third kappa shape index (κ3) is 5.01. The average molecular weight is 284 g/mol. The van der Waals surface area contributed by atoms with Crippen LogP contribution in [0.3, 0.4) is 0 Å². The number of benzene rings is 1. The first-order chi connectivity index (χ1) is 9.40. The highest BCUT2D eigenvalue weighted by Gasteiger charge is 2.11. The Balaban J connectivity index is 1.56. The summed E-state index contributed by atoms with van der Waals surface area (Å²) in [6.07, 6.45) is 3.15. The molecule has 0 aromatic heterocycles. The second kappa shape index (κ2) is 8.41. The molecule has 1 aliphatic heterocycles. The fourth-order valence-corrected chi connectivity index (χ4v) is 2.32. The van der Waals surface area contributed by atoms with Gasteiger partial charge in [0.15, 0.2) is 0 Å². The molecule has 0 saturated heterocycles. The summed E-state index contributed by atoms with van der Waals surface area (Å²) in [6, 6.07) is 6.53. The monoisotopic (exact) mass is 283 g/mol. The van der Waals surface area contributed by atoms with Crippen molar-refractivity contribution in [2.75, 3.05) is 38.8 Å². The van der Waals surface area contributed by atoms with E-state index in [0.717, 1.165) is 51.3 Å². The lowest BCUT2D eigenvalue weighted by molar-refractivity contribution is 0.146. The largest absolute Gasteiger partial charge is 0.493 e. The number of hydrogen-bond donors (Lipinski definition) is 1. The van der Waals surface area contributed by atoms with Gasteiger partial charge in [-0.15, -0.1) is 11.6 Å². The maximum absolute atomic E-state index is 5.52.